The second-order valence-corrected chi connectivity index (χ2v) is 6.08. The van der Waals surface area contributed by atoms with Crippen molar-refractivity contribution in [3.05, 3.63) is 0 Å². The summed E-state index contributed by atoms with van der Waals surface area (Å²) < 4.78 is 0. The van der Waals surface area contributed by atoms with Crippen molar-refractivity contribution in [2.45, 2.75) is 43.7 Å². The first-order chi connectivity index (χ1) is 10.4. The van der Waals surface area contributed by atoms with Crippen molar-refractivity contribution in [2.24, 2.45) is 5.73 Å². The number of piperidine rings is 1. The minimum Gasteiger partial charge on any atom is -0.480 e. The summed E-state index contributed by atoms with van der Waals surface area (Å²) >= 11 is 0. The third-order valence-corrected chi connectivity index (χ3v) is 4.64. The second kappa shape index (κ2) is 6.51. The van der Waals surface area contributed by atoms with E-state index in [4.69, 9.17) is 10.8 Å². The maximum absolute atomic E-state index is 12.5. The Hall–Kier alpha value is -1.83. The van der Waals surface area contributed by atoms with E-state index in [1.54, 1.807) is 16.8 Å². The normalized spacial score (nSPS) is 26.4. The van der Waals surface area contributed by atoms with Crippen LogP contribution in [0.4, 0.5) is 4.79 Å². The topological polar surface area (TPSA) is 116 Å². The van der Waals surface area contributed by atoms with Gasteiger partial charge in [0.25, 0.3) is 0 Å². The van der Waals surface area contributed by atoms with Crippen LogP contribution in [0.3, 0.4) is 0 Å². The molecule has 2 aliphatic rings. The summed E-state index contributed by atoms with van der Waals surface area (Å²) in [5, 5.41) is 11.4. The average molecular weight is 312 g/mol. The largest absolute Gasteiger partial charge is 0.480 e. The minimum atomic E-state index is -1.09. The lowest BCUT2D eigenvalue weighted by atomic mass is 9.85. The molecule has 0 aromatic carbocycles. The quantitative estimate of drug-likeness (QED) is 0.652. The van der Waals surface area contributed by atoms with Gasteiger partial charge in [0, 0.05) is 26.7 Å². The maximum Gasteiger partial charge on any atom is 0.320 e. The van der Waals surface area contributed by atoms with Gasteiger partial charge in [0.2, 0.25) is 5.91 Å². The molecule has 2 aliphatic heterocycles. The van der Waals surface area contributed by atoms with Crippen LogP contribution in [0.25, 0.3) is 0 Å². The van der Waals surface area contributed by atoms with Crippen LogP contribution in [0, 0.1) is 0 Å². The Morgan fingerprint density at radius 3 is 2.68 bits per heavy atom. The number of likely N-dealkylation sites (N-methyl/N-ethyl adjacent to an activating group) is 1. The summed E-state index contributed by atoms with van der Waals surface area (Å²) in [6, 6.07) is -1.30. The summed E-state index contributed by atoms with van der Waals surface area (Å²) in [6.45, 7) is 1.39. The van der Waals surface area contributed by atoms with Gasteiger partial charge in [-0.05, 0) is 32.1 Å². The van der Waals surface area contributed by atoms with E-state index in [-0.39, 0.29) is 24.9 Å². The number of carboxylic acids is 1. The highest BCUT2D eigenvalue weighted by Crippen LogP contribution is 2.37. The van der Waals surface area contributed by atoms with Crippen molar-refractivity contribution in [1.82, 2.24) is 15.1 Å². The number of aliphatic carboxylic acids is 1. The lowest BCUT2D eigenvalue weighted by molar-refractivity contribution is -0.138. The number of carboxylic acid groups (broad SMARTS) is 1. The number of nitrogens with zero attached hydrogens (tertiary/aromatic N) is 2. The fraction of sp³-hybridized carbons (Fsp3) is 0.786. The molecule has 2 heterocycles. The molecule has 2 rings (SSSR count). The van der Waals surface area contributed by atoms with Gasteiger partial charge in [-0.1, -0.05) is 0 Å². The molecule has 4 N–H and O–H groups in total. The van der Waals surface area contributed by atoms with Crippen LogP contribution >= 0.6 is 0 Å². The molecule has 2 fully saturated rings. The Balaban J connectivity index is 1.98. The molecular formula is C14H24N4O4. The fourth-order valence-corrected chi connectivity index (χ4v) is 3.28. The van der Waals surface area contributed by atoms with E-state index in [1.807, 2.05) is 0 Å². The Morgan fingerprint density at radius 2 is 2.09 bits per heavy atom. The van der Waals surface area contributed by atoms with E-state index in [0.29, 0.717) is 25.9 Å². The third-order valence-electron chi connectivity index (χ3n) is 4.64. The zero-order valence-corrected chi connectivity index (χ0v) is 12.9. The Bertz CT molecular complexity index is 466. The van der Waals surface area contributed by atoms with E-state index in [0.717, 1.165) is 12.8 Å². The van der Waals surface area contributed by atoms with Crippen molar-refractivity contribution < 1.29 is 19.5 Å². The van der Waals surface area contributed by atoms with Crippen LogP contribution in [0.15, 0.2) is 0 Å². The van der Waals surface area contributed by atoms with E-state index in [9.17, 15) is 14.4 Å². The third kappa shape index (κ3) is 3.01. The molecule has 2 atom stereocenters. The molecule has 0 radical (unpaired) electrons. The second-order valence-electron chi connectivity index (χ2n) is 6.08. The van der Waals surface area contributed by atoms with Crippen LogP contribution < -0.4 is 11.1 Å². The van der Waals surface area contributed by atoms with Gasteiger partial charge in [0.1, 0.15) is 11.6 Å². The molecule has 8 heteroatoms. The molecule has 0 aromatic heterocycles. The van der Waals surface area contributed by atoms with E-state index >= 15 is 0 Å². The minimum absolute atomic E-state index is 0.00425. The van der Waals surface area contributed by atoms with Gasteiger partial charge in [-0.25, -0.2) is 4.79 Å². The highest BCUT2D eigenvalue weighted by molar-refractivity contribution is 5.93. The lowest BCUT2D eigenvalue weighted by Gasteiger charge is -2.42. The summed E-state index contributed by atoms with van der Waals surface area (Å²) in [5.41, 5.74) is 4.70. The van der Waals surface area contributed by atoms with Crippen molar-refractivity contribution in [1.29, 1.82) is 0 Å². The zero-order chi connectivity index (χ0) is 16.3. The number of carbonyl (C=O) groups is 3. The van der Waals surface area contributed by atoms with E-state index < -0.39 is 17.6 Å². The number of hydrogen-bond acceptors (Lipinski definition) is 4. The smallest absolute Gasteiger partial charge is 0.320 e. The standard InChI is InChI=1S/C14H24N4O4/c1-17-9-6-14(12(17)21)5-2-3-8-18(14)13(22)16-7-4-10(15)11(19)20/h10H,2-9,15H2,1H3,(H,16,22)(H,19,20)/t10-,14?/m0/s1. The molecule has 8 nitrogen and oxygen atoms in total. The Morgan fingerprint density at radius 1 is 1.36 bits per heavy atom. The van der Waals surface area contributed by atoms with Gasteiger partial charge >= 0.3 is 12.0 Å². The predicted octanol–water partition coefficient (Wildman–Crippen LogP) is -0.415. The Labute approximate surface area is 129 Å². The number of carbonyl (C=O) groups excluding carboxylic acids is 2. The SMILES string of the molecule is CN1CCC2(CCCCN2C(=O)NCC[C@H](N)C(=O)O)C1=O. The summed E-state index contributed by atoms with van der Waals surface area (Å²) in [4.78, 5) is 38.9. The van der Waals surface area contributed by atoms with Gasteiger partial charge in [0.15, 0.2) is 0 Å². The molecule has 0 saturated carbocycles. The predicted molar refractivity (Wildman–Crippen MR) is 79.2 cm³/mol. The molecular weight excluding hydrogens is 288 g/mol. The Kier molecular flexibility index (Phi) is 4.90. The molecule has 3 amide bonds. The van der Waals surface area contributed by atoms with Crippen LogP contribution in [0.5, 0.6) is 0 Å². The molecule has 124 valence electrons. The van der Waals surface area contributed by atoms with E-state index in [2.05, 4.69) is 5.32 Å². The monoisotopic (exact) mass is 312 g/mol. The number of rotatable bonds is 4. The van der Waals surface area contributed by atoms with Crippen molar-refractivity contribution in [3.8, 4) is 0 Å². The molecule has 1 spiro atoms. The maximum atomic E-state index is 12.5. The molecule has 0 bridgehead atoms. The number of nitrogens with one attached hydrogen (secondary N) is 1. The van der Waals surface area contributed by atoms with Crippen LogP contribution in [0.1, 0.15) is 32.1 Å². The van der Waals surface area contributed by atoms with Crippen molar-refractivity contribution in [3.63, 3.8) is 0 Å². The lowest BCUT2D eigenvalue weighted by Crippen LogP contribution is -2.61. The van der Waals surface area contributed by atoms with Gasteiger partial charge in [0.05, 0.1) is 0 Å². The summed E-state index contributed by atoms with van der Waals surface area (Å²) in [7, 11) is 1.76. The number of likely N-dealkylation sites (tertiary alicyclic amines) is 2. The van der Waals surface area contributed by atoms with Gasteiger partial charge in [-0.15, -0.1) is 0 Å². The van der Waals surface area contributed by atoms with Crippen molar-refractivity contribution in [2.75, 3.05) is 26.7 Å². The highest BCUT2D eigenvalue weighted by atomic mass is 16.4. The molecule has 2 saturated heterocycles. The molecule has 1 unspecified atom stereocenters. The first kappa shape index (κ1) is 16.5. The number of amides is 3. The van der Waals surface area contributed by atoms with Gasteiger partial charge in [-0.2, -0.15) is 0 Å². The molecule has 0 aromatic rings. The molecule has 0 aliphatic carbocycles. The van der Waals surface area contributed by atoms with Crippen LogP contribution in [-0.2, 0) is 9.59 Å². The van der Waals surface area contributed by atoms with Crippen molar-refractivity contribution >= 4 is 17.9 Å². The number of nitrogens with two attached hydrogens (primary N) is 1. The highest BCUT2D eigenvalue weighted by Gasteiger charge is 2.52. The molecule has 22 heavy (non-hydrogen) atoms. The number of hydrogen-bond donors (Lipinski definition) is 3. The summed E-state index contributed by atoms with van der Waals surface area (Å²) in [6.07, 6.45) is 3.33. The van der Waals surface area contributed by atoms with Gasteiger partial charge < -0.3 is 26.0 Å². The fourth-order valence-electron chi connectivity index (χ4n) is 3.28. The first-order valence-corrected chi connectivity index (χ1v) is 7.68. The van der Waals surface area contributed by atoms with Crippen LogP contribution in [-0.4, -0.2) is 71.1 Å². The zero-order valence-electron chi connectivity index (χ0n) is 12.9. The summed E-state index contributed by atoms with van der Waals surface area (Å²) in [5.74, 6) is -1.08. The number of urea groups is 1. The van der Waals surface area contributed by atoms with Crippen LogP contribution in [0.2, 0.25) is 0 Å². The first-order valence-electron chi connectivity index (χ1n) is 7.68. The average Bonchev–Trinajstić information content (AvgIpc) is 2.76. The van der Waals surface area contributed by atoms with Gasteiger partial charge in [-0.3, -0.25) is 9.59 Å². The van der Waals surface area contributed by atoms with E-state index in [1.165, 1.54) is 0 Å².